The lowest BCUT2D eigenvalue weighted by Crippen LogP contribution is -2.71. The molecule has 1 unspecified atom stereocenters. The first kappa shape index (κ1) is 20.9. The number of benzene rings is 2. The van der Waals surface area contributed by atoms with Gasteiger partial charge in [-0.05, 0) is 49.4 Å². The Kier molecular flexibility index (Phi) is 5.43. The molecule has 3 fully saturated rings. The van der Waals surface area contributed by atoms with E-state index in [1.54, 1.807) is 0 Å². The third kappa shape index (κ3) is 4.30. The molecule has 172 valence electrons. The van der Waals surface area contributed by atoms with Crippen molar-refractivity contribution in [1.82, 2.24) is 19.9 Å². The fourth-order valence-electron chi connectivity index (χ4n) is 5.80. The third-order valence-corrected chi connectivity index (χ3v) is 7.47. The molecule has 3 saturated heterocycles. The molecule has 0 N–H and O–H groups in total. The van der Waals surface area contributed by atoms with E-state index in [-0.39, 0.29) is 6.10 Å². The summed E-state index contributed by atoms with van der Waals surface area (Å²) < 4.78 is 7.79. The van der Waals surface area contributed by atoms with Gasteiger partial charge >= 0.3 is 0 Å². The lowest BCUT2D eigenvalue weighted by atomic mass is 9.72. The monoisotopic (exact) mass is 443 g/mol. The molecule has 1 aromatic heterocycles. The van der Waals surface area contributed by atoms with Gasteiger partial charge in [0.25, 0.3) is 0 Å². The smallest absolute Gasteiger partial charge is 0.113 e. The first-order chi connectivity index (χ1) is 16.2. The summed E-state index contributed by atoms with van der Waals surface area (Å²) in [5, 5.41) is 8.81. The first-order valence-electron chi connectivity index (χ1n) is 12.3. The van der Waals surface area contributed by atoms with E-state index < -0.39 is 0 Å². The highest BCUT2D eigenvalue weighted by Gasteiger charge is 2.51. The van der Waals surface area contributed by atoms with E-state index in [1.165, 1.54) is 48.3 Å². The summed E-state index contributed by atoms with van der Waals surface area (Å²) in [6, 6.07) is 17.6. The number of hydrogen-bond acceptors (Lipinski definition) is 5. The van der Waals surface area contributed by atoms with E-state index in [4.69, 9.17) is 4.74 Å². The topological polar surface area (TPSA) is 46.4 Å². The Morgan fingerprint density at radius 1 is 1.03 bits per heavy atom. The van der Waals surface area contributed by atoms with Crippen LogP contribution in [0.3, 0.4) is 0 Å². The number of ether oxygens (including phenoxy) is 1. The molecule has 0 bridgehead atoms. The van der Waals surface area contributed by atoms with E-state index in [2.05, 4.69) is 81.8 Å². The Morgan fingerprint density at radius 2 is 1.88 bits per heavy atom. The highest BCUT2D eigenvalue weighted by molar-refractivity contribution is 5.67. The highest BCUT2D eigenvalue weighted by Crippen LogP contribution is 2.43. The summed E-state index contributed by atoms with van der Waals surface area (Å²) in [6.07, 6.45) is 5.87. The maximum atomic E-state index is 5.85. The van der Waals surface area contributed by atoms with Gasteiger partial charge in [0.1, 0.15) is 5.69 Å². The second kappa shape index (κ2) is 8.58. The van der Waals surface area contributed by atoms with Crippen molar-refractivity contribution in [3.63, 3.8) is 0 Å². The van der Waals surface area contributed by atoms with Crippen LogP contribution in [0.1, 0.15) is 30.4 Å². The molecule has 3 aliphatic rings. The first-order valence-corrected chi connectivity index (χ1v) is 12.3. The molecule has 1 atom stereocenters. The third-order valence-electron chi connectivity index (χ3n) is 7.47. The van der Waals surface area contributed by atoms with Gasteiger partial charge in [-0.15, -0.1) is 5.10 Å². The van der Waals surface area contributed by atoms with Crippen LogP contribution in [-0.4, -0.2) is 58.8 Å². The molecule has 3 aliphatic heterocycles. The van der Waals surface area contributed by atoms with Gasteiger partial charge in [0.15, 0.2) is 0 Å². The van der Waals surface area contributed by atoms with Crippen LogP contribution in [0.5, 0.6) is 0 Å². The zero-order valence-electron chi connectivity index (χ0n) is 19.5. The number of hydrogen-bond donors (Lipinski definition) is 0. The summed E-state index contributed by atoms with van der Waals surface area (Å²) >= 11 is 0. The van der Waals surface area contributed by atoms with Crippen LogP contribution >= 0.6 is 0 Å². The quantitative estimate of drug-likeness (QED) is 0.573. The minimum absolute atomic E-state index is 0.269. The number of likely N-dealkylation sites (tertiary alicyclic amines) is 1. The van der Waals surface area contributed by atoms with E-state index in [1.807, 2.05) is 4.68 Å². The number of aromatic nitrogens is 3. The molecule has 0 saturated carbocycles. The van der Waals surface area contributed by atoms with Crippen LogP contribution in [0.4, 0.5) is 5.69 Å². The number of nitrogens with zero attached hydrogens (tertiary/aromatic N) is 5. The largest absolute Gasteiger partial charge is 0.376 e. The second-order valence-electron chi connectivity index (χ2n) is 10.3. The maximum absolute atomic E-state index is 5.85. The Bertz CT molecular complexity index is 1090. The fraction of sp³-hybridized carbons (Fsp3) is 0.481. The van der Waals surface area contributed by atoms with E-state index >= 15 is 0 Å². The van der Waals surface area contributed by atoms with Crippen molar-refractivity contribution in [3.8, 4) is 11.3 Å². The molecule has 6 heteroatoms. The second-order valence-corrected chi connectivity index (χ2v) is 10.3. The minimum Gasteiger partial charge on any atom is -0.376 e. The van der Waals surface area contributed by atoms with Crippen molar-refractivity contribution >= 4 is 5.69 Å². The van der Waals surface area contributed by atoms with E-state index in [9.17, 15) is 0 Å². The lowest BCUT2D eigenvalue weighted by molar-refractivity contribution is -0.0273. The van der Waals surface area contributed by atoms with Crippen LogP contribution < -0.4 is 4.90 Å². The SMILES string of the molecule is Cc1cc(N2CC3(CN(Cc4ccccc4)C3)C2)ccc1-c1cn(CC2CCCCO2)nn1. The molecule has 0 amide bonds. The number of rotatable bonds is 6. The van der Waals surface area contributed by atoms with Crippen molar-refractivity contribution < 1.29 is 4.74 Å². The molecular formula is C27H33N5O. The van der Waals surface area contributed by atoms with Crippen molar-refractivity contribution in [2.75, 3.05) is 37.7 Å². The van der Waals surface area contributed by atoms with Gasteiger partial charge in [-0.1, -0.05) is 41.6 Å². The Hall–Kier alpha value is -2.70. The molecule has 0 aliphatic carbocycles. The minimum atomic E-state index is 0.269. The highest BCUT2D eigenvalue weighted by atomic mass is 16.5. The molecule has 33 heavy (non-hydrogen) atoms. The predicted octanol–water partition coefficient (Wildman–Crippen LogP) is 4.14. The van der Waals surface area contributed by atoms with Crippen LogP contribution in [-0.2, 0) is 17.8 Å². The van der Waals surface area contributed by atoms with E-state index in [0.717, 1.165) is 44.9 Å². The van der Waals surface area contributed by atoms with Crippen LogP contribution in [0.15, 0.2) is 54.7 Å². The number of aryl methyl sites for hydroxylation is 1. The predicted molar refractivity (Wildman–Crippen MR) is 130 cm³/mol. The van der Waals surface area contributed by atoms with Crippen LogP contribution in [0, 0.1) is 12.3 Å². The van der Waals surface area contributed by atoms with Gasteiger partial charge in [-0.3, -0.25) is 4.90 Å². The molecule has 3 aromatic rings. The summed E-state index contributed by atoms with van der Waals surface area (Å²) in [7, 11) is 0. The molecule has 2 aromatic carbocycles. The van der Waals surface area contributed by atoms with Gasteiger partial charge in [0, 0.05) is 56.0 Å². The summed E-state index contributed by atoms with van der Waals surface area (Å²) in [4.78, 5) is 5.09. The maximum Gasteiger partial charge on any atom is 0.113 e. The van der Waals surface area contributed by atoms with Gasteiger partial charge < -0.3 is 9.64 Å². The van der Waals surface area contributed by atoms with E-state index in [0.29, 0.717) is 5.41 Å². The molecule has 4 heterocycles. The molecule has 6 nitrogen and oxygen atoms in total. The zero-order chi connectivity index (χ0) is 22.3. The van der Waals surface area contributed by atoms with Gasteiger partial charge in [0.05, 0.1) is 18.8 Å². The summed E-state index contributed by atoms with van der Waals surface area (Å²) in [5.74, 6) is 0. The Morgan fingerprint density at radius 3 is 2.64 bits per heavy atom. The summed E-state index contributed by atoms with van der Waals surface area (Å²) in [6.45, 7) is 9.67. The number of anilines is 1. The zero-order valence-corrected chi connectivity index (χ0v) is 19.5. The molecule has 1 spiro atoms. The normalized spacial score (nSPS) is 22.2. The Labute approximate surface area is 196 Å². The van der Waals surface area contributed by atoms with Crippen molar-refractivity contribution in [2.24, 2.45) is 5.41 Å². The fourth-order valence-corrected chi connectivity index (χ4v) is 5.80. The van der Waals surface area contributed by atoms with Gasteiger partial charge in [-0.2, -0.15) is 0 Å². The average Bonchev–Trinajstić information content (AvgIpc) is 3.24. The molecular weight excluding hydrogens is 410 g/mol. The Balaban J connectivity index is 1.04. The van der Waals surface area contributed by atoms with Gasteiger partial charge in [0.2, 0.25) is 0 Å². The van der Waals surface area contributed by atoms with Crippen molar-refractivity contribution in [3.05, 3.63) is 65.9 Å². The molecule has 0 radical (unpaired) electrons. The van der Waals surface area contributed by atoms with Crippen LogP contribution in [0.25, 0.3) is 11.3 Å². The van der Waals surface area contributed by atoms with Crippen molar-refractivity contribution in [2.45, 2.75) is 45.4 Å². The standard InChI is InChI=1S/C27H33N5O/c1-21-13-23(31-19-27(20-31)17-30(18-27)14-22-7-3-2-4-8-22)10-11-25(21)26-16-32(29-28-26)15-24-9-5-6-12-33-24/h2-4,7-8,10-11,13,16,24H,5-6,9,12,14-15,17-20H2,1H3. The lowest BCUT2D eigenvalue weighted by Gasteiger charge is -2.61. The van der Waals surface area contributed by atoms with Gasteiger partial charge in [-0.25, -0.2) is 4.68 Å². The summed E-state index contributed by atoms with van der Waals surface area (Å²) in [5.41, 5.74) is 6.61. The van der Waals surface area contributed by atoms with Crippen molar-refractivity contribution in [1.29, 1.82) is 0 Å². The average molecular weight is 444 g/mol. The molecule has 6 rings (SSSR count). The van der Waals surface area contributed by atoms with Crippen LogP contribution in [0.2, 0.25) is 0 Å².